The summed E-state index contributed by atoms with van der Waals surface area (Å²) in [7, 11) is 0. The Hall–Kier alpha value is -4.87. The lowest BCUT2D eigenvalue weighted by atomic mass is 10.0. The van der Waals surface area contributed by atoms with Gasteiger partial charge in [-0.25, -0.2) is 4.98 Å². The topological polar surface area (TPSA) is 43.6 Å². The minimum atomic E-state index is 0.443. The Morgan fingerprint density at radius 1 is 0.537 bits per heavy atom. The molecule has 0 spiro atoms. The van der Waals surface area contributed by atoms with E-state index in [1.165, 1.54) is 36.5 Å². The van der Waals surface area contributed by atoms with Crippen LogP contribution in [0, 0.1) is 0 Å². The molecule has 0 bridgehead atoms. The first-order valence-corrected chi connectivity index (χ1v) is 14.7. The van der Waals surface area contributed by atoms with Crippen molar-refractivity contribution in [2.24, 2.45) is 0 Å². The minimum Gasteiger partial charge on any atom is -0.276 e. The number of thiophene rings is 1. The molecule has 0 aliphatic carbocycles. The second kappa shape index (κ2) is 9.36. The quantitative estimate of drug-likeness (QED) is 0.221. The third kappa shape index (κ3) is 3.77. The lowest BCUT2D eigenvalue weighted by Gasteiger charge is -2.11. The van der Waals surface area contributed by atoms with Crippen LogP contribution >= 0.6 is 11.3 Å². The zero-order valence-corrected chi connectivity index (χ0v) is 23.6. The molecule has 5 heteroatoms. The van der Waals surface area contributed by atoms with Crippen molar-refractivity contribution in [3.05, 3.63) is 121 Å². The van der Waals surface area contributed by atoms with Gasteiger partial charge < -0.3 is 0 Å². The van der Waals surface area contributed by atoms with E-state index in [1.807, 2.05) is 47.7 Å². The van der Waals surface area contributed by atoms with Crippen LogP contribution in [0.15, 0.2) is 115 Å². The Morgan fingerprint density at radius 2 is 1.12 bits per heavy atom. The Bertz CT molecular complexity index is 2170. The van der Waals surface area contributed by atoms with Gasteiger partial charge in [-0.15, -0.1) is 11.3 Å². The molecule has 0 atom stereocenters. The third-order valence-corrected chi connectivity index (χ3v) is 9.12. The first kappa shape index (κ1) is 24.0. The van der Waals surface area contributed by atoms with Crippen LogP contribution in [-0.4, -0.2) is 19.5 Å². The second-order valence-electron chi connectivity index (χ2n) is 10.7. The molecule has 0 saturated heterocycles. The number of hydrogen-bond acceptors (Lipinski definition) is 4. The van der Waals surface area contributed by atoms with Gasteiger partial charge in [0.25, 0.3) is 0 Å². The summed E-state index contributed by atoms with van der Waals surface area (Å²) in [4.78, 5) is 15.2. The average molecular weight is 547 g/mol. The smallest absolute Gasteiger partial charge is 0.238 e. The van der Waals surface area contributed by atoms with Gasteiger partial charge in [0.05, 0.1) is 15.7 Å². The molecule has 8 aromatic rings. The summed E-state index contributed by atoms with van der Waals surface area (Å²) in [5, 5.41) is 4.97. The Balaban J connectivity index is 1.52. The molecule has 41 heavy (non-hydrogen) atoms. The SMILES string of the molecule is CC(C)c1cccc2c1sc1c2ccc2c3ccccc3n(-c3nc(-c4ccccc4)nc(-c4ccccc4)n3)c21. The van der Waals surface area contributed by atoms with Gasteiger partial charge in [-0.05, 0) is 17.5 Å². The molecule has 0 N–H and O–H groups in total. The number of aromatic nitrogens is 4. The van der Waals surface area contributed by atoms with Crippen molar-refractivity contribution in [1.82, 2.24) is 19.5 Å². The number of para-hydroxylation sites is 1. The Labute approximate surface area is 241 Å². The van der Waals surface area contributed by atoms with E-state index in [2.05, 4.69) is 97.3 Å². The molecule has 0 aliphatic heterocycles. The van der Waals surface area contributed by atoms with E-state index in [0.717, 1.165) is 22.2 Å². The van der Waals surface area contributed by atoms with Crippen LogP contribution in [0.5, 0.6) is 0 Å². The summed E-state index contributed by atoms with van der Waals surface area (Å²) in [6.45, 7) is 4.54. The van der Waals surface area contributed by atoms with E-state index in [4.69, 9.17) is 15.0 Å². The minimum absolute atomic E-state index is 0.443. The summed E-state index contributed by atoms with van der Waals surface area (Å²) in [5.41, 5.74) is 5.53. The number of benzene rings is 5. The summed E-state index contributed by atoms with van der Waals surface area (Å²) in [6, 6.07) is 40.2. The molecule has 0 fully saturated rings. The fraction of sp³-hybridized carbons (Fsp3) is 0.0833. The molecule has 3 heterocycles. The fourth-order valence-corrected chi connectivity index (χ4v) is 7.39. The monoisotopic (exact) mass is 546 g/mol. The normalized spacial score (nSPS) is 11.9. The predicted octanol–water partition coefficient (Wildman–Crippen LogP) is 9.79. The highest BCUT2D eigenvalue weighted by Crippen LogP contribution is 2.44. The summed E-state index contributed by atoms with van der Waals surface area (Å²) in [5.74, 6) is 2.38. The number of hydrogen-bond donors (Lipinski definition) is 0. The maximum absolute atomic E-state index is 5.12. The first-order chi connectivity index (χ1) is 20.2. The molecule has 3 aromatic heterocycles. The van der Waals surface area contributed by atoms with Gasteiger partial charge in [0.2, 0.25) is 5.95 Å². The molecule has 0 radical (unpaired) electrons. The van der Waals surface area contributed by atoms with Crippen molar-refractivity contribution >= 4 is 53.3 Å². The predicted molar refractivity (Wildman–Crippen MR) is 172 cm³/mol. The van der Waals surface area contributed by atoms with E-state index < -0.39 is 0 Å². The highest BCUT2D eigenvalue weighted by molar-refractivity contribution is 7.26. The number of nitrogens with zero attached hydrogens (tertiary/aromatic N) is 4. The molecule has 8 rings (SSSR count). The van der Waals surface area contributed by atoms with Crippen LogP contribution in [0.4, 0.5) is 0 Å². The van der Waals surface area contributed by atoms with Crippen LogP contribution in [0.2, 0.25) is 0 Å². The molecule has 4 nitrogen and oxygen atoms in total. The molecule has 0 amide bonds. The molecule has 0 unspecified atom stereocenters. The van der Waals surface area contributed by atoms with Crippen LogP contribution in [-0.2, 0) is 0 Å². The van der Waals surface area contributed by atoms with Crippen molar-refractivity contribution in [2.45, 2.75) is 19.8 Å². The van der Waals surface area contributed by atoms with E-state index in [1.54, 1.807) is 0 Å². The van der Waals surface area contributed by atoms with Crippen LogP contribution in [0.1, 0.15) is 25.3 Å². The van der Waals surface area contributed by atoms with Gasteiger partial charge >= 0.3 is 0 Å². The average Bonchev–Trinajstić information content (AvgIpc) is 3.58. The lowest BCUT2D eigenvalue weighted by molar-refractivity contribution is 0.878. The van der Waals surface area contributed by atoms with E-state index in [0.29, 0.717) is 23.5 Å². The summed E-state index contributed by atoms with van der Waals surface area (Å²) < 4.78 is 4.86. The van der Waals surface area contributed by atoms with Crippen LogP contribution in [0.3, 0.4) is 0 Å². The second-order valence-corrected chi connectivity index (χ2v) is 11.7. The molecule has 0 saturated carbocycles. The van der Waals surface area contributed by atoms with Crippen molar-refractivity contribution in [1.29, 1.82) is 0 Å². The zero-order chi connectivity index (χ0) is 27.5. The van der Waals surface area contributed by atoms with Crippen molar-refractivity contribution in [3.8, 4) is 28.7 Å². The standard InChI is InChI=1S/C36H26N4S/c1-22(2)25-17-11-18-28-29-21-20-27-26-16-9-10-19-30(26)40(31(27)33(29)41-32(25)28)36-38-34(23-12-5-3-6-13-23)37-35(39-36)24-14-7-4-8-15-24/h3-22H,1-2H3. The molecular formula is C36H26N4S. The highest BCUT2D eigenvalue weighted by Gasteiger charge is 2.21. The maximum Gasteiger partial charge on any atom is 0.238 e. The highest BCUT2D eigenvalue weighted by atomic mass is 32.1. The van der Waals surface area contributed by atoms with Crippen molar-refractivity contribution in [2.75, 3.05) is 0 Å². The van der Waals surface area contributed by atoms with Gasteiger partial charge in [0, 0.05) is 37.4 Å². The summed E-state index contributed by atoms with van der Waals surface area (Å²) in [6.07, 6.45) is 0. The van der Waals surface area contributed by atoms with Gasteiger partial charge in [0.15, 0.2) is 11.6 Å². The number of fused-ring (bicyclic) bond motifs is 7. The van der Waals surface area contributed by atoms with E-state index >= 15 is 0 Å². The largest absolute Gasteiger partial charge is 0.276 e. The first-order valence-electron chi connectivity index (χ1n) is 13.9. The molecule has 5 aromatic carbocycles. The molecular weight excluding hydrogens is 520 g/mol. The van der Waals surface area contributed by atoms with Gasteiger partial charge in [-0.3, -0.25) is 4.57 Å². The van der Waals surface area contributed by atoms with Crippen LogP contribution < -0.4 is 0 Å². The maximum atomic E-state index is 5.12. The fourth-order valence-electron chi connectivity index (χ4n) is 5.89. The lowest BCUT2D eigenvalue weighted by Crippen LogP contribution is -2.06. The Morgan fingerprint density at radius 3 is 1.80 bits per heavy atom. The number of rotatable bonds is 4. The van der Waals surface area contributed by atoms with Crippen LogP contribution in [0.25, 0.3) is 70.7 Å². The van der Waals surface area contributed by atoms with E-state index in [-0.39, 0.29) is 0 Å². The third-order valence-electron chi connectivity index (χ3n) is 7.84. The molecule has 196 valence electrons. The van der Waals surface area contributed by atoms with Crippen molar-refractivity contribution < 1.29 is 0 Å². The Kier molecular flexibility index (Phi) is 5.47. The molecule has 0 aliphatic rings. The summed E-state index contributed by atoms with van der Waals surface area (Å²) >= 11 is 1.88. The van der Waals surface area contributed by atoms with E-state index in [9.17, 15) is 0 Å². The van der Waals surface area contributed by atoms with Gasteiger partial charge in [-0.2, -0.15) is 9.97 Å². The van der Waals surface area contributed by atoms with Gasteiger partial charge in [0.1, 0.15) is 0 Å². The van der Waals surface area contributed by atoms with Crippen molar-refractivity contribution in [3.63, 3.8) is 0 Å². The zero-order valence-electron chi connectivity index (χ0n) is 22.7. The van der Waals surface area contributed by atoms with Gasteiger partial charge in [-0.1, -0.05) is 123 Å².